The van der Waals surface area contributed by atoms with E-state index in [4.69, 9.17) is 0 Å². The third kappa shape index (κ3) is 4.87. The first-order valence-corrected chi connectivity index (χ1v) is 9.46. The number of sulfonamides is 1. The smallest absolute Gasteiger partial charge is 0.244 e. The molecule has 1 amide bonds. The van der Waals surface area contributed by atoms with Crippen LogP contribution >= 0.6 is 0 Å². The SMILES string of the molecule is CC(C)N(Cc1ccccc1)C(=O)CN(C)S(=O)(=O)c1cccnc1. The fraction of sp³-hybridized carbons (Fsp3) is 0.333. The highest BCUT2D eigenvalue weighted by Crippen LogP contribution is 2.14. The van der Waals surface area contributed by atoms with Crippen LogP contribution in [0.1, 0.15) is 19.4 Å². The van der Waals surface area contributed by atoms with Crippen LogP contribution in [0.2, 0.25) is 0 Å². The first kappa shape index (κ1) is 19.1. The van der Waals surface area contributed by atoms with Crippen LogP contribution < -0.4 is 0 Å². The summed E-state index contributed by atoms with van der Waals surface area (Å²) in [4.78, 5) is 18.3. The van der Waals surface area contributed by atoms with Crippen molar-refractivity contribution in [1.29, 1.82) is 0 Å². The highest BCUT2D eigenvalue weighted by atomic mass is 32.2. The molecule has 0 atom stereocenters. The molecule has 0 aliphatic carbocycles. The largest absolute Gasteiger partial charge is 0.335 e. The molecule has 6 nitrogen and oxygen atoms in total. The van der Waals surface area contributed by atoms with E-state index in [-0.39, 0.29) is 23.4 Å². The Balaban J connectivity index is 2.12. The number of benzene rings is 1. The molecule has 0 aliphatic heterocycles. The lowest BCUT2D eigenvalue weighted by Crippen LogP contribution is -2.43. The monoisotopic (exact) mass is 361 g/mol. The molecule has 0 aliphatic rings. The first-order chi connectivity index (χ1) is 11.8. The van der Waals surface area contributed by atoms with Gasteiger partial charge in [-0.05, 0) is 31.5 Å². The maximum absolute atomic E-state index is 12.7. The first-order valence-electron chi connectivity index (χ1n) is 8.02. The van der Waals surface area contributed by atoms with E-state index in [1.165, 1.54) is 25.5 Å². The summed E-state index contributed by atoms with van der Waals surface area (Å²) in [7, 11) is -2.34. The highest BCUT2D eigenvalue weighted by molar-refractivity contribution is 7.89. The molecule has 1 aromatic carbocycles. The molecule has 7 heteroatoms. The number of hydrogen-bond donors (Lipinski definition) is 0. The Hall–Kier alpha value is -2.25. The molecule has 0 fully saturated rings. The van der Waals surface area contributed by atoms with Gasteiger partial charge in [0.25, 0.3) is 0 Å². The van der Waals surface area contributed by atoms with Crippen LogP contribution in [-0.4, -0.2) is 48.1 Å². The van der Waals surface area contributed by atoms with Gasteiger partial charge in [0.1, 0.15) is 4.90 Å². The minimum absolute atomic E-state index is 0.0396. The van der Waals surface area contributed by atoms with Gasteiger partial charge in [0, 0.05) is 32.0 Å². The van der Waals surface area contributed by atoms with E-state index in [0.29, 0.717) is 6.54 Å². The van der Waals surface area contributed by atoms with E-state index in [0.717, 1.165) is 9.87 Å². The second-order valence-corrected chi connectivity index (χ2v) is 8.10. The summed E-state index contributed by atoms with van der Waals surface area (Å²) in [6.07, 6.45) is 2.78. The molecule has 0 saturated heterocycles. The van der Waals surface area contributed by atoms with Crippen LogP contribution in [0.5, 0.6) is 0 Å². The van der Waals surface area contributed by atoms with Crippen molar-refractivity contribution < 1.29 is 13.2 Å². The summed E-state index contributed by atoms with van der Waals surface area (Å²) in [6.45, 7) is 4.05. The van der Waals surface area contributed by atoms with E-state index in [2.05, 4.69) is 4.98 Å². The van der Waals surface area contributed by atoms with Crippen molar-refractivity contribution in [2.24, 2.45) is 0 Å². The van der Waals surface area contributed by atoms with Crippen molar-refractivity contribution in [3.8, 4) is 0 Å². The third-order valence-electron chi connectivity index (χ3n) is 3.84. The van der Waals surface area contributed by atoms with Crippen molar-refractivity contribution in [3.05, 3.63) is 60.4 Å². The van der Waals surface area contributed by atoms with Gasteiger partial charge in [-0.25, -0.2) is 8.42 Å². The Bertz CT molecular complexity index is 793. The summed E-state index contributed by atoms with van der Waals surface area (Å²) in [5, 5.41) is 0. The van der Waals surface area contributed by atoms with Gasteiger partial charge in [-0.1, -0.05) is 30.3 Å². The topological polar surface area (TPSA) is 70.6 Å². The molecule has 1 heterocycles. The maximum Gasteiger partial charge on any atom is 0.244 e. The van der Waals surface area contributed by atoms with Gasteiger partial charge in [-0.3, -0.25) is 9.78 Å². The van der Waals surface area contributed by atoms with Gasteiger partial charge in [0.15, 0.2) is 0 Å². The van der Waals surface area contributed by atoms with Gasteiger partial charge < -0.3 is 4.90 Å². The Morgan fingerprint density at radius 2 is 1.80 bits per heavy atom. The van der Waals surface area contributed by atoms with E-state index >= 15 is 0 Å². The van der Waals surface area contributed by atoms with Gasteiger partial charge in [-0.2, -0.15) is 4.31 Å². The molecule has 0 unspecified atom stereocenters. The van der Waals surface area contributed by atoms with Crippen molar-refractivity contribution >= 4 is 15.9 Å². The summed E-state index contributed by atoms with van der Waals surface area (Å²) < 4.78 is 26.1. The highest BCUT2D eigenvalue weighted by Gasteiger charge is 2.26. The molecule has 0 radical (unpaired) electrons. The summed E-state index contributed by atoms with van der Waals surface area (Å²) >= 11 is 0. The lowest BCUT2D eigenvalue weighted by atomic mass is 10.2. The second kappa shape index (κ2) is 8.22. The van der Waals surface area contributed by atoms with E-state index < -0.39 is 10.0 Å². The molecule has 0 N–H and O–H groups in total. The lowest BCUT2D eigenvalue weighted by Gasteiger charge is -2.29. The second-order valence-electron chi connectivity index (χ2n) is 6.05. The van der Waals surface area contributed by atoms with Crippen LogP contribution in [0.4, 0.5) is 0 Å². The molecular weight excluding hydrogens is 338 g/mol. The number of likely N-dealkylation sites (N-methyl/N-ethyl adjacent to an activating group) is 1. The lowest BCUT2D eigenvalue weighted by molar-refractivity contribution is -0.133. The molecule has 2 aromatic rings. The predicted octanol–water partition coefficient (Wildman–Crippen LogP) is 2.14. The minimum Gasteiger partial charge on any atom is -0.335 e. The maximum atomic E-state index is 12.7. The molecule has 0 saturated carbocycles. The zero-order valence-electron chi connectivity index (χ0n) is 14.7. The fourth-order valence-electron chi connectivity index (χ4n) is 2.38. The van der Waals surface area contributed by atoms with Crippen LogP contribution in [0, 0.1) is 0 Å². The Kier molecular flexibility index (Phi) is 6.27. The van der Waals surface area contributed by atoms with Crippen molar-refractivity contribution in [2.45, 2.75) is 31.3 Å². The molecule has 2 rings (SSSR count). The van der Waals surface area contributed by atoms with Crippen LogP contribution in [0.15, 0.2) is 59.8 Å². The Morgan fingerprint density at radius 3 is 2.36 bits per heavy atom. The summed E-state index contributed by atoms with van der Waals surface area (Å²) in [5.74, 6) is -0.242. The molecular formula is C18H23N3O3S. The average molecular weight is 361 g/mol. The summed E-state index contributed by atoms with van der Waals surface area (Å²) in [6, 6.07) is 12.6. The standard InChI is InChI=1S/C18H23N3O3S/c1-15(2)21(13-16-8-5-4-6-9-16)18(22)14-20(3)25(23,24)17-10-7-11-19-12-17/h4-12,15H,13-14H2,1-3H3. The Labute approximate surface area is 149 Å². The number of carbonyl (C=O) groups is 1. The van der Waals surface area contributed by atoms with Crippen molar-refractivity contribution in [3.63, 3.8) is 0 Å². The number of hydrogen-bond acceptors (Lipinski definition) is 4. The number of aromatic nitrogens is 1. The van der Waals surface area contributed by atoms with E-state index in [1.807, 2.05) is 44.2 Å². The van der Waals surface area contributed by atoms with Crippen LogP contribution in [0.3, 0.4) is 0 Å². The number of carbonyl (C=O) groups excluding carboxylic acids is 1. The molecule has 134 valence electrons. The number of pyridine rings is 1. The summed E-state index contributed by atoms with van der Waals surface area (Å²) in [5.41, 5.74) is 1.00. The molecule has 1 aromatic heterocycles. The van der Waals surface area contributed by atoms with Crippen LogP contribution in [0.25, 0.3) is 0 Å². The average Bonchev–Trinajstić information content (AvgIpc) is 2.60. The number of nitrogens with zero attached hydrogens (tertiary/aromatic N) is 3. The van der Waals surface area contributed by atoms with E-state index in [1.54, 1.807) is 11.0 Å². The van der Waals surface area contributed by atoms with Crippen LogP contribution in [-0.2, 0) is 21.4 Å². The molecule has 0 spiro atoms. The van der Waals surface area contributed by atoms with Gasteiger partial charge in [0.05, 0.1) is 6.54 Å². The quantitative estimate of drug-likeness (QED) is 0.757. The molecule has 0 bridgehead atoms. The number of amides is 1. The number of rotatable bonds is 7. The predicted molar refractivity (Wildman–Crippen MR) is 96.2 cm³/mol. The fourth-order valence-corrected chi connectivity index (χ4v) is 3.47. The zero-order chi connectivity index (χ0) is 18.4. The normalized spacial score (nSPS) is 11.7. The molecule has 25 heavy (non-hydrogen) atoms. The third-order valence-corrected chi connectivity index (χ3v) is 5.63. The van der Waals surface area contributed by atoms with Crippen molar-refractivity contribution in [2.75, 3.05) is 13.6 Å². The van der Waals surface area contributed by atoms with Gasteiger partial charge in [-0.15, -0.1) is 0 Å². The zero-order valence-corrected chi connectivity index (χ0v) is 15.5. The van der Waals surface area contributed by atoms with E-state index in [9.17, 15) is 13.2 Å². The van der Waals surface area contributed by atoms with Crippen molar-refractivity contribution in [1.82, 2.24) is 14.2 Å². The minimum atomic E-state index is -3.74. The van der Waals surface area contributed by atoms with Gasteiger partial charge >= 0.3 is 0 Å². The Morgan fingerprint density at radius 1 is 1.12 bits per heavy atom. The van der Waals surface area contributed by atoms with Gasteiger partial charge in [0.2, 0.25) is 15.9 Å².